The number of nitrogens with one attached hydrogen (secondary N) is 2. The van der Waals surface area contributed by atoms with E-state index >= 15 is 0 Å². The number of unbranched alkanes of at least 4 members (excludes halogenated alkanes) is 2. The number of methoxy groups -OCH3 is 3. The minimum absolute atomic E-state index is 0.158. The highest BCUT2D eigenvalue weighted by atomic mass is 16.5. The van der Waals surface area contributed by atoms with Gasteiger partial charge in [0, 0.05) is 57.3 Å². The van der Waals surface area contributed by atoms with Crippen LogP contribution in [0.1, 0.15) is 56.2 Å². The Morgan fingerprint density at radius 1 is 0.872 bits per heavy atom. The van der Waals surface area contributed by atoms with Gasteiger partial charge in [-0.3, -0.25) is 14.4 Å². The number of nitrogens with zero attached hydrogens (tertiary/aromatic N) is 2. The quantitative estimate of drug-likeness (QED) is 0.260. The van der Waals surface area contributed by atoms with E-state index < -0.39 is 0 Å². The lowest BCUT2D eigenvalue weighted by Gasteiger charge is -2.36. The number of rotatable bonds is 12. The fraction of sp³-hybridized carbons (Fsp3) is 0.432. The minimum atomic E-state index is -0.358. The summed E-state index contributed by atoms with van der Waals surface area (Å²) >= 11 is 0. The summed E-state index contributed by atoms with van der Waals surface area (Å²) in [6, 6.07) is 17.3. The first-order valence-corrected chi connectivity index (χ1v) is 16.4. The Morgan fingerprint density at radius 2 is 1.62 bits per heavy atom. The summed E-state index contributed by atoms with van der Waals surface area (Å²) in [5.74, 6) is 1.59. The topological polar surface area (TPSA) is 109 Å². The molecule has 0 bridgehead atoms. The lowest BCUT2D eigenvalue weighted by atomic mass is 9.95. The molecule has 3 aromatic carbocycles. The lowest BCUT2D eigenvalue weighted by Crippen LogP contribution is -2.48. The van der Waals surface area contributed by atoms with Gasteiger partial charge in [-0.05, 0) is 72.7 Å². The van der Waals surface area contributed by atoms with Gasteiger partial charge in [-0.25, -0.2) is 0 Å². The lowest BCUT2D eigenvalue weighted by molar-refractivity contribution is -0.131. The Bertz CT molecular complexity index is 1620. The molecule has 1 saturated heterocycles. The summed E-state index contributed by atoms with van der Waals surface area (Å²) in [4.78, 5) is 42.8. The first-order chi connectivity index (χ1) is 22.8. The van der Waals surface area contributed by atoms with E-state index in [2.05, 4.69) is 27.7 Å². The standard InChI is InChI=1S/C37H46N4O6/c1-25(42)39-30-16-14-26-23-33(45-2)36(46-3)37(47-4)35(26)28-15-17-31(32(43)24-29(28)30)38-18-10-6-9-13-34(44)41-21-19-40(20-22-41)27-11-7-5-8-12-27/h5,7-8,11-12,15,17,23-24,30H,6,9-10,13-14,16,18-22H2,1-4H3,(H,38,43)(H,39,42)/t30-/m0/s1. The van der Waals surface area contributed by atoms with Crippen molar-refractivity contribution in [2.24, 2.45) is 0 Å². The van der Waals surface area contributed by atoms with E-state index in [-0.39, 0.29) is 23.3 Å². The maximum absolute atomic E-state index is 13.5. The molecule has 1 heterocycles. The Hall–Kier alpha value is -4.73. The number of ether oxygens (including phenoxy) is 3. The van der Waals surface area contributed by atoms with E-state index in [1.165, 1.54) is 12.6 Å². The minimum Gasteiger partial charge on any atom is -0.493 e. The van der Waals surface area contributed by atoms with Crippen LogP contribution in [0.25, 0.3) is 11.1 Å². The molecule has 1 aliphatic heterocycles. The second-order valence-corrected chi connectivity index (χ2v) is 12.0. The molecule has 1 aliphatic carbocycles. The summed E-state index contributed by atoms with van der Waals surface area (Å²) in [5, 5.41) is 6.36. The number of anilines is 2. The first-order valence-electron chi connectivity index (χ1n) is 16.4. The third kappa shape index (κ3) is 7.81. The van der Waals surface area contributed by atoms with Gasteiger partial charge in [0.1, 0.15) is 0 Å². The zero-order valence-electron chi connectivity index (χ0n) is 27.9. The summed E-state index contributed by atoms with van der Waals surface area (Å²) in [6.07, 6.45) is 4.29. The van der Waals surface area contributed by atoms with E-state index in [0.29, 0.717) is 48.7 Å². The number of piperazine rings is 1. The number of para-hydroxylation sites is 1. The summed E-state index contributed by atoms with van der Waals surface area (Å²) in [5.41, 5.74) is 4.85. The van der Waals surface area contributed by atoms with Crippen LogP contribution in [-0.2, 0) is 16.0 Å². The highest BCUT2D eigenvalue weighted by Crippen LogP contribution is 2.50. The molecule has 2 aliphatic rings. The van der Waals surface area contributed by atoms with Crippen molar-refractivity contribution in [3.63, 3.8) is 0 Å². The van der Waals surface area contributed by atoms with E-state index in [0.717, 1.165) is 67.7 Å². The van der Waals surface area contributed by atoms with Gasteiger partial charge < -0.3 is 34.6 Å². The van der Waals surface area contributed by atoms with Crippen molar-refractivity contribution in [3.05, 3.63) is 75.9 Å². The number of carbonyl (C=O) groups is 2. The van der Waals surface area contributed by atoms with Gasteiger partial charge in [0.05, 0.1) is 33.1 Å². The third-order valence-corrected chi connectivity index (χ3v) is 9.05. The number of benzene rings is 2. The number of hydrogen-bond donors (Lipinski definition) is 2. The Morgan fingerprint density at radius 3 is 2.30 bits per heavy atom. The van der Waals surface area contributed by atoms with E-state index in [9.17, 15) is 14.4 Å². The van der Waals surface area contributed by atoms with Crippen LogP contribution in [0.15, 0.2) is 59.4 Å². The molecule has 2 amide bonds. The molecule has 3 aromatic rings. The van der Waals surface area contributed by atoms with Gasteiger partial charge in [-0.15, -0.1) is 0 Å². The Kier molecular flexibility index (Phi) is 11.2. The van der Waals surface area contributed by atoms with Crippen molar-refractivity contribution in [2.45, 2.75) is 51.5 Å². The molecule has 0 spiro atoms. The molecular weight excluding hydrogens is 596 g/mol. The predicted octanol–water partition coefficient (Wildman–Crippen LogP) is 5.18. The molecule has 47 heavy (non-hydrogen) atoms. The van der Waals surface area contributed by atoms with Gasteiger partial charge in [0.25, 0.3) is 0 Å². The van der Waals surface area contributed by atoms with Crippen molar-refractivity contribution >= 4 is 23.2 Å². The fourth-order valence-electron chi connectivity index (χ4n) is 6.67. The molecule has 0 saturated carbocycles. The number of carbonyl (C=O) groups excluding carboxylic acids is 2. The van der Waals surface area contributed by atoms with Crippen molar-refractivity contribution < 1.29 is 23.8 Å². The van der Waals surface area contributed by atoms with Crippen LogP contribution in [0, 0.1) is 0 Å². The van der Waals surface area contributed by atoms with Crippen LogP contribution in [0.2, 0.25) is 0 Å². The Balaban J connectivity index is 1.23. The average Bonchev–Trinajstić information content (AvgIpc) is 3.33. The van der Waals surface area contributed by atoms with Crippen molar-refractivity contribution in [1.82, 2.24) is 10.2 Å². The first kappa shape index (κ1) is 33.6. The molecule has 5 rings (SSSR count). The van der Waals surface area contributed by atoms with Gasteiger partial charge in [-0.1, -0.05) is 30.7 Å². The zero-order chi connectivity index (χ0) is 33.3. The van der Waals surface area contributed by atoms with E-state index in [4.69, 9.17) is 14.2 Å². The number of aryl methyl sites for hydroxylation is 1. The van der Waals surface area contributed by atoms with Crippen LogP contribution in [0.5, 0.6) is 17.2 Å². The molecule has 10 nitrogen and oxygen atoms in total. The van der Waals surface area contributed by atoms with Gasteiger partial charge in [-0.2, -0.15) is 0 Å². The molecule has 0 aromatic heterocycles. The molecule has 0 unspecified atom stereocenters. The molecule has 10 heteroatoms. The van der Waals surface area contributed by atoms with Crippen molar-refractivity contribution in [1.29, 1.82) is 0 Å². The Labute approximate surface area is 277 Å². The molecule has 0 radical (unpaired) electrons. The average molecular weight is 643 g/mol. The summed E-state index contributed by atoms with van der Waals surface area (Å²) in [7, 11) is 4.74. The van der Waals surface area contributed by atoms with E-state index in [1.807, 2.05) is 35.2 Å². The maximum atomic E-state index is 13.5. The second-order valence-electron chi connectivity index (χ2n) is 12.0. The molecule has 2 N–H and O–H groups in total. The highest BCUT2D eigenvalue weighted by molar-refractivity contribution is 5.84. The van der Waals surface area contributed by atoms with Crippen LogP contribution in [-0.4, -0.2) is 70.8 Å². The van der Waals surface area contributed by atoms with Crippen LogP contribution >= 0.6 is 0 Å². The fourth-order valence-corrected chi connectivity index (χ4v) is 6.67. The summed E-state index contributed by atoms with van der Waals surface area (Å²) in [6.45, 7) is 5.28. The van der Waals surface area contributed by atoms with Gasteiger partial charge in [0.15, 0.2) is 11.5 Å². The SMILES string of the molecule is COc1cc2c(c(OC)c1OC)-c1ccc(NCCCCCC(=O)N3CCN(c4ccccc4)CC3)c(=O)cc1[C@@H](NC(C)=O)CC2. The molecular formula is C37H46N4O6. The third-order valence-electron chi connectivity index (χ3n) is 9.05. The van der Waals surface area contributed by atoms with Crippen molar-refractivity contribution in [2.75, 3.05) is 64.3 Å². The molecule has 250 valence electrons. The smallest absolute Gasteiger partial charge is 0.222 e. The number of amides is 2. The van der Waals surface area contributed by atoms with Gasteiger partial charge >= 0.3 is 0 Å². The maximum Gasteiger partial charge on any atom is 0.222 e. The van der Waals surface area contributed by atoms with E-state index in [1.54, 1.807) is 33.5 Å². The zero-order valence-corrected chi connectivity index (χ0v) is 27.9. The predicted molar refractivity (Wildman–Crippen MR) is 185 cm³/mol. The van der Waals surface area contributed by atoms with Crippen LogP contribution in [0.3, 0.4) is 0 Å². The van der Waals surface area contributed by atoms with Gasteiger partial charge in [0.2, 0.25) is 23.0 Å². The van der Waals surface area contributed by atoms with Crippen molar-refractivity contribution in [3.8, 4) is 28.4 Å². The number of hydrogen-bond acceptors (Lipinski definition) is 8. The van der Waals surface area contributed by atoms with Crippen LogP contribution in [0.4, 0.5) is 11.4 Å². The second kappa shape index (κ2) is 15.7. The monoisotopic (exact) mass is 642 g/mol. The molecule has 1 atom stereocenters. The molecule has 1 fully saturated rings. The number of fused-ring (bicyclic) bond motifs is 3. The largest absolute Gasteiger partial charge is 0.493 e. The highest BCUT2D eigenvalue weighted by Gasteiger charge is 2.29. The normalized spacial score (nSPS) is 15.5. The van der Waals surface area contributed by atoms with Crippen LogP contribution < -0.4 is 35.2 Å². The summed E-state index contributed by atoms with van der Waals surface area (Å²) < 4.78 is 17.1.